The van der Waals surface area contributed by atoms with E-state index in [0.717, 1.165) is 30.5 Å². The molecule has 0 saturated heterocycles. The van der Waals surface area contributed by atoms with E-state index in [4.69, 9.17) is 17.3 Å². The molecule has 1 aromatic rings. The summed E-state index contributed by atoms with van der Waals surface area (Å²) in [5.41, 5.74) is 8.57. The Bertz CT molecular complexity index is 421. The first kappa shape index (κ1) is 16.5. The Kier molecular flexibility index (Phi) is 5.42. The number of hydrogen-bond donors (Lipinski definition) is 1. The minimum atomic E-state index is 0.00557. The first-order valence-electron chi connectivity index (χ1n) is 6.91. The monoisotopic (exact) mass is 286 g/mol. The Morgan fingerprint density at radius 2 is 1.89 bits per heavy atom. The van der Waals surface area contributed by atoms with Crippen LogP contribution in [0.2, 0.25) is 5.15 Å². The van der Waals surface area contributed by atoms with E-state index >= 15 is 0 Å². The van der Waals surface area contributed by atoms with Crippen molar-refractivity contribution in [2.75, 3.05) is 14.1 Å². The van der Waals surface area contributed by atoms with Crippen molar-refractivity contribution in [1.29, 1.82) is 0 Å². The van der Waals surface area contributed by atoms with Gasteiger partial charge in [-0.15, -0.1) is 0 Å². The van der Waals surface area contributed by atoms with Crippen molar-refractivity contribution >= 4 is 11.6 Å². The fourth-order valence-corrected chi connectivity index (χ4v) is 3.31. The number of halogens is 1. The van der Waals surface area contributed by atoms with Crippen molar-refractivity contribution in [3.63, 3.8) is 0 Å². The Labute approximate surface area is 121 Å². The lowest BCUT2D eigenvalue weighted by atomic mass is 9.81. The van der Waals surface area contributed by atoms with Gasteiger partial charge in [0.15, 0.2) is 0 Å². The summed E-state index contributed by atoms with van der Waals surface area (Å²) in [6.07, 6.45) is 2.81. The number of nitrogens with two attached hydrogens (primary N) is 1. The van der Waals surface area contributed by atoms with Crippen LogP contribution in [0.3, 0.4) is 0 Å². The number of rotatable bonds is 6. The second-order valence-corrected chi connectivity index (χ2v) is 5.85. The first-order chi connectivity index (χ1) is 8.80. The van der Waals surface area contributed by atoms with E-state index in [1.54, 1.807) is 4.68 Å². The maximum atomic E-state index is 6.52. The number of aromatic nitrogens is 2. The summed E-state index contributed by atoms with van der Waals surface area (Å²) in [4.78, 5) is 2.25. The van der Waals surface area contributed by atoms with Gasteiger partial charge in [-0.2, -0.15) is 5.10 Å². The van der Waals surface area contributed by atoms with Crippen LogP contribution in [-0.4, -0.2) is 40.4 Å². The molecule has 0 amide bonds. The van der Waals surface area contributed by atoms with Crippen molar-refractivity contribution in [3.05, 3.63) is 16.4 Å². The number of likely N-dealkylation sites (N-methyl/N-ethyl adjacent to an activating group) is 1. The number of nitrogens with zero attached hydrogens (tertiary/aromatic N) is 3. The van der Waals surface area contributed by atoms with E-state index < -0.39 is 0 Å². The van der Waals surface area contributed by atoms with Crippen LogP contribution in [0.4, 0.5) is 0 Å². The molecule has 5 heteroatoms. The zero-order valence-corrected chi connectivity index (χ0v) is 13.8. The SMILES string of the molecule is CCC(CC)(C(N)Cc1c(C)nn(C)c1Cl)N(C)C. The predicted octanol–water partition coefficient (Wildman–Crippen LogP) is 2.37. The summed E-state index contributed by atoms with van der Waals surface area (Å²) < 4.78 is 1.72. The molecule has 1 unspecified atom stereocenters. The predicted molar refractivity (Wildman–Crippen MR) is 81.6 cm³/mol. The van der Waals surface area contributed by atoms with Gasteiger partial charge in [-0.05, 0) is 40.3 Å². The van der Waals surface area contributed by atoms with Crippen molar-refractivity contribution in [2.24, 2.45) is 12.8 Å². The van der Waals surface area contributed by atoms with Gasteiger partial charge in [-0.3, -0.25) is 4.68 Å². The quantitative estimate of drug-likeness (QED) is 0.873. The molecule has 0 aliphatic heterocycles. The van der Waals surface area contributed by atoms with Crippen LogP contribution >= 0.6 is 11.6 Å². The van der Waals surface area contributed by atoms with Gasteiger partial charge in [0.2, 0.25) is 0 Å². The molecule has 110 valence electrons. The van der Waals surface area contributed by atoms with Gasteiger partial charge >= 0.3 is 0 Å². The van der Waals surface area contributed by atoms with E-state index in [2.05, 4.69) is 37.9 Å². The molecule has 1 atom stereocenters. The fraction of sp³-hybridized carbons (Fsp3) is 0.786. The summed E-state index contributed by atoms with van der Waals surface area (Å²) in [5.74, 6) is 0. The maximum absolute atomic E-state index is 6.52. The van der Waals surface area contributed by atoms with E-state index in [1.807, 2.05) is 14.0 Å². The summed E-state index contributed by atoms with van der Waals surface area (Å²) in [7, 11) is 6.07. The van der Waals surface area contributed by atoms with Crippen molar-refractivity contribution in [1.82, 2.24) is 14.7 Å². The van der Waals surface area contributed by atoms with Gasteiger partial charge in [-0.1, -0.05) is 25.4 Å². The van der Waals surface area contributed by atoms with Crippen LogP contribution in [0.5, 0.6) is 0 Å². The average Bonchev–Trinajstić information content (AvgIpc) is 2.58. The second kappa shape index (κ2) is 6.25. The second-order valence-electron chi connectivity index (χ2n) is 5.49. The van der Waals surface area contributed by atoms with Crippen molar-refractivity contribution < 1.29 is 0 Å². The highest BCUT2D eigenvalue weighted by atomic mass is 35.5. The van der Waals surface area contributed by atoms with Gasteiger partial charge in [0, 0.05) is 24.2 Å². The Morgan fingerprint density at radius 3 is 2.21 bits per heavy atom. The Morgan fingerprint density at radius 1 is 1.37 bits per heavy atom. The number of aryl methyl sites for hydroxylation is 2. The third-order valence-electron chi connectivity index (χ3n) is 4.50. The van der Waals surface area contributed by atoms with Crippen LogP contribution in [-0.2, 0) is 13.5 Å². The molecule has 1 aromatic heterocycles. The van der Waals surface area contributed by atoms with Gasteiger partial charge < -0.3 is 10.6 Å². The van der Waals surface area contributed by atoms with E-state index in [-0.39, 0.29) is 11.6 Å². The van der Waals surface area contributed by atoms with Crippen molar-refractivity contribution in [3.8, 4) is 0 Å². The highest BCUT2D eigenvalue weighted by Gasteiger charge is 2.36. The van der Waals surface area contributed by atoms with E-state index in [9.17, 15) is 0 Å². The molecule has 0 radical (unpaired) electrons. The minimum absolute atomic E-state index is 0.00557. The zero-order valence-electron chi connectivity index (χ0n) is 13.0. The lowest BCUT2D eigenvalue weighted by molar-refractivity contribution is 0.105. The molecule has 0 aliphatic rings. The molecular formula is C14H27ClN4. The molecule has 1 heterocycles. The molecule has 0 fully saturated rings. The van der Waals surface area contributed by atoms with Gasteiger partial charge in [0.25, 0.3) is 0 Å². The van der Waals surface area contributed by atoms with Gasteiger partial charge in [-0.25, -0.2) is 0 Å². The van der Waals surface area contributed by atoms with Gasteiger partial charge in [0.05, 0.1) is 5.69 Å². The Hall–Kier alpha value is -0.580. The van der Waals surface area contributed by atoms with Gasteiger partial charge in [0.1, 0.15) is 5.15 Å². The Balaban J connectivity index is 3.03. The number of hydrogen-bond acceptors (Lipinski definition) is 3. The largest absolute Gasteiger partial charge is 0.326 e. The lowest BCUT2D eigenvalue weighted by Crippen LogP contribution is -2.57. The average molecular weight is 287 g/mol. The lowest BCUT2D eigenvalue weighted by Gasteiger charge is -2.43. The highest BCUT2D eigenvalue weighted by molar-refractivity contribution is 6.30. The smallest absolute Gasteiger partial charge is 0.130 e. The standard InChI is InChI=1S/C14H27ClN4/c1-7-14(8-2,18(4)5)12(16)9-11-10(3)17-19(6)13(11)15/h12H,7-9,16H2,1-6H3. The molecule has 0 bridgehead atoms. The van der Waals surface area contributed by atoms with Crippen LogP contribution < -0.4 is 5.73 Å². The molecular weight excluding hydrogens is 260 g/mol. The fourth-order valence-electron chi connectivity index (χ4n) is 3.05. The first-order valence-corrected chi connectivity index (χ1v) is 7.28. The third-order valence-corrected chi connectivity index (χ3v) is 4.97. The third kappa shape index (κ3) is 2.96. The molecule has 1 rings (SSSR count). The minimum Gasteiger partial charge on any atom is -0.326 e. The van der Waals surface area contributed by atoms with E-state index in [0.29, 0.717) is 5.15 Å². The summed E-state index contributed by atoms with van der Waals surface area (Å²) in [5, 5.41) is 5.06. The van der Waals surface area contributed by atoms with Crippen LogP contribution in [0.15, 0.2) is 0 Å². The zero-order chi connectivity index (χ0) is 14.8. The molecule has 0 aliphatic carbocycles. The van der Waals surface area contributed by atoms with Crippen LogP contribution in [0.1, 0.15) is 37.9 Å². The molecule has 19 heavy (non-hydrogen) atoms. The summed E-state index contributed by atoms with van der Waals surface area (Å²) >= 11 is 6.31. The molecule has 0 saturated carbocycles. The van der Waals surface area contributed by atoms with Crippen molar-refractivity contribution in [2.45, 2.75) is 51.6 Å². The molecule has 4 nitrogen and oxygen atoms in total. The normalized spacial score (nSPS) is 14.2. The van der Waals surface area contributed by atoms with Crippen LogP contribution in [0.25, 0.3) is 0 Å². The van der Waals surface area contributed by atoms with Crippen LogP contribution in [0, 0.1) is 6.92 Å². The summed E-state index contributed by atoms with van der Waals surface area (Å²) in [6, 6.07) is 0.0397. The molecule has 0 spiro atoms. The highest BCUT2D eigenvalue weighted by Crippen LogP contribution is 2.29. The molecule has 2 N–H and O–H groups in total. The topological polar surface area (TPSA) is 47.1 Å². The van der Waals surface area contributed by atoms with E-state index in [1.165, 1.54) is 0 Å². The molecule has 0 aromatic carbocycles. The maximum Gasteiger partial charge on any atom is 0.130 e. The summed E-state index contributed by atoms with van der Waals surface area (Å²) in [6.45, 7) is 6.38.